The highest BCUT2D eigenvalue weighted by Gasteiger charge is 2.25. The molecule has 2 heteroatoms. The summed E-state index contributed by atoms with van der Waals surface area (Å²) in [5, 5.41) is 12.8. The summed E-state index contributed by atoms with van der Waals surface area (Å²) in [7, 11) is 0. The first-order valence-electron chi connectivity index (χ1n) is 5.28. The Labute approximate surface area is 85.0 Å². The van der Waals surface area contributed by atoms with E-state index >= 15 is 0 Å². The Balaban J connectivity index is 2.12. The Morgan fingerprint density at radius 3 is 2.71 bits per heavy atom. The summed E-state index contributed by atoms with van der Waals surface area (Å²) in [6, 6.07) is 10.3. The molecule has 1 saturated heterocycles. The summed E-state index contributed by atoms with van der Waals surface area (Å²) in [5.41, 5.74) is 1.27. The molecule has 1 aliphatic heterocycles. The Bertz CT molecular complexity index is 267. The van der Waals surface area contributed by atoms with Crippen LogP contribution in [-0.4, -0.2) is 24.8 Å². The van der Waals surface area contributed by atoms with Gasteiger partial charge in [-0.3, -0.25) is 0 Å². The van der Waals surface area contributed by atoms with Crippen molar-refractivity contribution in [1.82, 2.24) is 5.32 Å². The molecule has 0 aliphatic carbocycles. The van der Waals surface area contributed by atoms with Gasteiger partial charge in [0.2, 0.25) is 0 Å². The molecule has 0 saturated carbocycles. The molecule has 2 unspecified atom stereocenters. The lowest BCUT2D eigenvalue weighted by Gasteiger charge is -2.20. The van der Waals surface area contributed by atoms with Crippen molar-refractivity contribution in [2.75, 3.05) is 19.7 Å². The van der Waals surface area contributed by atoms with Gasteiger partial charge in [0, 0.05) is 5.92 Å². The SMILES string of the molecule is OCC(c1ccccc1)C1CCNC1. The normalized spacial score (nSPS) is 23.6. The number of hydrogen-bond donors (Lipinski definition) is 2. The molecule has 0 amide bonds. The summed E-state index contributed by atoms with van der Waals surface area (Å²) in [5.74, 6) is 0.911. The molecule has 14 heavy (non-hydrogen) atoms. The highest BCUT2D eigenvalue weighted by atomic mass is 16.3. The zero-order valence-electron chi connectivity index (χ0n) is 8.32. The highest BCUT2D eigenvalue weighted by Crippen LogP contribution is 2.28. The van der Waals surface area contributed by atoms with Crippen molar-refractivity contribution in [3.8, 4) is 0 Å². The maximum Gasteiger partial charge on any atom is 0.0502 e. The zero-order valence-corrected chi connectivity index (χ0v) is 8.32. The minimum atomic E-state index is 0.260. The predicted molar refractivity (Wildman–Crippen MR) is 57.2 cm³/mol. The second kappa shape index (κ2) is 4.58. The quantitative estimate of drug-likeness (QED) is 0.756. The van der Waals surface area contributed by atoms with Crippen LogP contribution in [0.25, 0.3) is 0 Å². The van der Waals surface area contributed by atoms with Gasteiger partial charge >= 0.3 is 0 Å². The third-order valence-electron chi connectivity index (χ3n) is 3.09. The minimum Gasteiger partial charge on any atom is -0.396 e. The van der Waals surface area contributed by atoms with Gasteiger partial charge in [0.1, 0.15) is 0 Å². The fraction of sp³-hybridized carbons (Fsp3) is 0.500. The Morgan fingerprint density at radius 1 is 1.36 bits per heavy atom. The zero-order chi connectivity index (χ0) is 9.80. The molecular weight excluding hydrogens is 174 g/mol. The van der Waals surface area contributed by atoms with E-state index in [2.05, 4.69) is 17.4 Å². The monoisotopic (exact) mass is 191 g/mol. The Morgan fingerprint density at radius 2 is 2.14 bits per heavy atom. The summed E-state index contributed by atoms with van der Waals surface area (Å²) < 4.78 is 0. The lowest BCUT2D eigenvalue weighted by atomic mass is 9.86. The Hall–Kier alpha value is -0.860. The molecule has 1 fully saturated rings. The van der Waals surface area contributed by atoms with E-state index in [9.17, 15) is 5.11 Å². The lowest BCUT2D eigenvalue weighted by Crippen LogP contribution is -2.19. The van der Waals surface area contributed by atoms with Crippen molar-refractivity contribution in [2.45, 2.75) is 12.3 Å². The van der Waals surface area contributed by atoms with E-state index < -0.39 is 0 Å². The van der Waals surface area contributed by atoms with Crippen LogP contribution in [0.5, 0.6) is 0 Å². The van der Waals surface area contributed by atoms with Crippen molar-refractivity contribution in [2.24, 2.45) is 5.92 Å². The van der Waals surface area contributed by atoms with Crippen LogP contribution < -0.4 is 5.32 Å². The smallest absolute Gasteiger partial charge is 0.0502 e. The summed E-state index contributed by atoms with van der Waals surface area (Å²) in [6.07, 6.45) is 1.18. The van der Waals surface area contributed by atoms with Crippen LogP contribution in [0.3, 0.4) is 0 Å². The van der Waals surface area contributed by atoms with Crippen LogP contribution in [0.1, 0.15) is 17.9 Å². The van der Waals surface area contributed by atoms with E-state index in [-0.39, 0.29) is 6.61 Å². The first-order valence-corrected chi connectivity index (χ1v) is 5.28. The van der Waals surface area contributed by atoms with E-state index in [1.807, 2.05) is 18.2 Å². The molecule has 2 atom stereocenters. The third-order valence-corrected chi connectivity index (χ3v) is 3.09. The molecule has 2 rings (SSSR count). The van der Waals surface area contributed by atoms with E-state index in [0.717, 1.165) is 13.1 Å². The van der Waals surface area contributed by atoms with Gasteiger partial charge in [0.25, 0.3) is 0 Å². The molecular formula is C12H17NO. The number of nitrogens with one attached hydrogen (secondary N) is 1. The van der Waals surface area contributed by atoms with Crippen molar-refractivity contribution < 1.29 is 5.11 Å². The van der Waals surface area contributed by atoms with E-state index in [1.54, 1.807) is 0 Å². The molecule has 0 bridgehead atoms. The second-order valence-electron chi connectivity index (χ2n) is 3.95. The van der Waals surface area contributed by atoms with Gasteiger partial charge in [-0.25, -0.2) is 0 Å². The molecule has 1 aliphatic rings. The maximum absolute atomic E-state index is 9.41. The molecule has 0 aromatic heterocycles. The van der Waals surface area contributed by atoms with Crippen LogP contribution in [0.2, 0.25) is 0 Å². The number of benzene rings is 1. The molecule has 1 aromatic rings. The molecule has 1 aromatic carbocycles. The van der Waals surface area contributed by atoms with Crippen molar-refractivity contribution in [1.29, 1.82) is 0 Å². The van der Waals surface area contributed by atoms with Gasteiger partial charge in [-0.2, -0.15) is 0 Å². The summed E-state index contributed by atoms with van der Waals surface area (Å²) >= 11 is 0. The average Bonchev–Trinajstić information content (AvgIpc) is 2.74. The van der Waals surface area contributed by atoms with Gasteiger partial charge in [0.15, 0.2) is 0 Å². The van der Waals surface area contributed by atoms with Crippen molar-refractivity contribution in [3.05, 3.63) is 35.9 Å². The summed E-state index contributed by atoms with van der Waals surface area (Å²) in [4.78, 5) is 0. The molecule has 2 N–H and O–H groups in total. The van der Waals surface area contributed by atoms with Crippen molar-refractivity contribution >= 4 is 0 Å². The van der Waals surface area contributed by atoms with E-state index in [0.29, 0.717) is 11.8 Å². The average molecular weight is 191 g/mol. The van der Waals surface area contributed by atoms with Crippen LogP contribution in [-0.2, 0) is 0 Å². The van der Waals surface area contributed by atoms with Crippen molar-refractivity contribution in [3.63, 3.8) is 0 Å². The third kappa shape index (κ3) is 1.97. The van der Waals surface area contributed by atoms with Crippen LogP contribution >= 0.6 is 0 Å². The number of hydrogen-bond acceptors (Lipinski definition) is 2. The van der Waals surface area contributed by atoms with Crippen LogP contribution in [0.4, 0.5) is 0 Å². The predicted octanol–water partition coefficient (Wildman–Crippen LogP) is 1.37. The largest absolute Gasteiger partial charge is 0.396 e. The maximum atomic E-state index is 9.41. The van der Waals surface area contributed by atoms with E-state index in [1.165, 1.54) is 12.0 Å². The van der Waals surface area contributed by atoms with Gasteiger partial charge in [-0.1, -0.05) is 30.3 Å². The highest BCUT2D eigenvalue weighted by molar-refractivity contribution is 5.20. The van der Waals surface area contributed by atoms with Gasteiger partial charge < -0.3 is 10.4 Å². The van der Waals surface area contributed by atoms with Gasteiger partial charge in [-0.05, 0) is 31.0 Å². The van der Waals surface area contributed by atoms with Gasteiger partial charge in [0.05, 0.1) is 6.61 Å². The minimum absolute atomic E-state index is 0.260. The number of rotatable bonds is 3. The molecule has 0 spiro atoms. The molecule has 0 radical (unpaired) electrons. The van der Waals surface area contributed by atoms with Crippen LogP contribution in [0.15, 0.2) is 30.3 Å². The topological polar surface area (TPSA) is 32.3 Å². The Kier molecular flexibility index (Phi) is 3.17. The first-order chi connectivity index (χ1) is 6.92. The van der Waals surface area contributed by atoms with Gasteiger partial charge in [-0.15, -0.1) is 0 Å². The first kappa shape index (κ1) is 9.69. The number of aliphatic hydroxyl groups excluding tert-OH is 1. The number of aliphatic hydroxyl groups is 1. The molecule has 2 nitrogen and oxygen atoms in total. The molecule has 76 valence electrons. The van der Waals surface area contributed by atoms with E-state index in [4.69, 9.17) is 0 Å². The van der Waals surface area contributed by atoms with Crippen LogP contribution in [0, 0.1) is 5.92 Å². The molecule has 1 heterocycles. The fourth-order valence-electron chi connectivity index (χ4n) is 2.25. The standard InChI is InChI=1S/C12H17NO/c14-9-12(11-6-7-13-8-11)10-4-2-1-3-5-10/h1-5,11-14H,6-9H2. The summed E-state index contributed by atoms with van der Waals surface area (Å²) in [6.45, 7) is 2.39. The fourth-order valence-corrected chi connectivity index (χ4v) is 2.25. The second-order valence-corrected chi connectivity index (χ2v) is 3.95. The lowest BCUT2D eigenvalue weighted by molar-refractivity contribution is 0.231.